The second-order valence-electron chi connectivity index (χ2n) is 4.82. The summed E-state index contributed by atoms with van der Waals surface area (Å²) < 4.78 is 14.0. The molecular weight excluding hydrogens is 257 g/mol. The molecule has 0 unspecified atom stereocenters. The van der Waals surface area contributed by atoms with E-state index in [1.807, 2.05) is 0 Å². The molecule has 1 aromatic rings. The third-order valence-corrected chi connectivity index (χ3v) is 3.31. The van der Waals surface area contributed by atoms with Crippen LogP contribution in [0.4, 0.5) is 4.39 Å². The van der Waals surface area contributed by atoms with E-state index in [9.17, 15) is 9.18 Å². The molecule has 1 N–H and O–H groups in total. The van der Waals surface area contributed by atoms with Gasteiger partial charge < -0.3 is 10.0 Å². The fourth-order valence-electron chi connectivity index (χ4n) is 2.25. The Bertz CT molecular complexity index is 539. The lowest BCUT2D eigenvalue weighted by molar-refractivity contribution is 0.0719. The summed E-state index contributed by atoms with van der Waals surface area (Å²) in [6.45, 7) is 1.40. The van der Waals surface area contributed by atoms with E-state index in [2.05, 4.69) is 11.8 Å². The Hall–Kier alpha value is -1.86. The molecule has 1 aliphatic heterocycles. The topological polar surface area (TPSA) is 40.5 Å². The molecule has 20 heavy (non-hydrogen) atoms. The fourth-order valence-corrected chi connectivity index (χ4v) is 2.25. The summed E-state index contributed by atoms with van der Waals surface area (Å²) in [6, 6.07) is 4.42. The Labute approximate surface area is 118 Å². The highest BCUT2D eigenvalue weighted by molar-refractivity contribution is 5.94. The van der Waals surface area contributed by atoms with Crippen molar-refractivity contribution in [3.05, 3.63) is 35.1 Å². The van der Waals surface area contributed by atoms with Gasteiger partial charge in [-0.25, -0.2) is 4.39 Å². The third kappa shape index (κ3) is 3.58. The second-order valence-corrected chi connectivity index (χ2v) is 4.82. The van der Waals surface area contributed by atoms with Crippen molar-refractivity contribution >= 4 is 5.91 Å². The van der Waals surface area contributed by atoms with E-state index in [4.69, 9.17) is 5.11 Å². The van der Waals surface area contributed by atoms with E-state index in [0.29, 0.717) is 25.1 Å². The van der Waals surface area contributed by atoms with Crippen LogP contribution in [0.2, 0.25) is 0 Å². The minimum atomic E-state index is -0.531. The molecule has 4 heteroatoms. The minimum Gasteiger partial charge on any atom is -0.395 e. The highest BCUT2D eigenvalue weighted by Gasteiger charge is 2.20. The number of rotatable bonds is 2. The van der Waals surface area contributed by atoms with Gasteiger partial charge in [-0.3, -0.25) is 4.79 Å². The molecule has 0 aromatic heterocycles. The molecule has 1 saturated heterocycles. The number of hydrogen-bond donors (Lipinski definition) is 1. The summed E-state index contributed by atoms with van der Waals surface area (Å²) in [5, 5.41) is 8.63. The van der Waals surface area contributed by atoms with Crippen LogP contribution in [0.1, 0.15) is 41.6 Å². The fraction of sp³-hybridized carbons (Fsp3) is 0.438. The average molecular weight is 275 g/mol. The molecule has 0 aliphatic carbocycles. The van der Waals surface area contributed by atoms with Crippen molar-refractivity contribution in [2.24, 2.45) is 0 Å². The molecule has 0 atom stereocenters. The largest absolute Gasteiger partial charge is 0.395 e. The number of hydrogen-bond acceptors (Lipinski definition) is 2. The van der Waals surface area contributed by atoms with Gasteiger partial charge in [0, 0.05) is 25.1 Å². The molecule has 1 fully saturated rings. The quantitative estimate of drug-likeness (QED) is 0.840. The zero-order valence-corrected chi connectivity index (χ0v) is 11.4. The van der Waals surface area contributed by atoms with Crippen LogP contribution < -0.4 is 0 Å². The number of likely N-dealkylation sites (tertiary alicyclic amines) is 1. The number of carbonyl (C=O) groups is 1. The zero-order valence-electron chi connectivity index (χ0n) is 11.4. The lowest BCUT2D eigenvalue weighted by Gasteiger charge is -2.26. The van der Waals surface area contributed by atoms with Gasteiger partial charge >= 0.3 is 0 Å². The first-order chi connectivity index (χ1) is 9.72. The number of benzene rings is 1. The van der Waals surface area contributed by atoms with Gasteiger partial charge in [0.05, 0.1) is 12.2 Å². The number of aliphatic hydroxyl groups excluding tert-OH is 1. The molecule has 0 saturated carbocycles. The predicted octanol–water partition coefficient (Wildman–Crippen LogP) is 2.19. The number of halogens is 1. The molecule has 1 aromatic carbocycles. The van der Waals surface area contributed by atoms with Gasteiger partial charge in [-0.15, -0.1) is 0 Å². The first-order valence-electron chi connectivity index (χ1n) is 6.91. The Morgan fingerprint density at radius 1 is 1.30 bits per heavy atom. The first kappa shape index (κ1) is 14.5. The van der Waals surface area contributed by atoms with Crippen molar-refractivity contribution in [3.63, 3.8) is 0 Å². The van der Waals surface area contributed by atoms with Crippen LogP contribution in [0.5, 0.6) is 0 Å². The zero-order chi connectivity index (χ0) is 14.4. The third-order valence-electron chi connectivity index (χ3n) is 3.31. The molecule has 1 amide bonds. The highest BCUT2D eigenvalue weighted by Crippen LogP contribution is 2.16. The summed E-state index contributed by atoms with van der Waals surface area (Å²) in [5.41, 5.74) is 0.630. The summed E-state index contributed by atoms with van der Waals surface area (Å²) in [4.78, 5) is 13.9. The van der Waals surface area contributed by atoms with Crippen molar-refractivity contribution in [3.8, 4) is 11.8 Å². The van der Waals surface area contributed by atoms with E-state index < -0.39 is 5.82 Å². The minimum absolute atomic E-state index is 0.0129. The monoisotopic (exact) mass is 275 g/mol. The van der Waals surface area contributed by atoms with Gasteiger partial charge in [-0.2, -0.15) is 0 Å². The molecular formula is C16H18FNO2. The highest BCUT2D eigenvalue weighted by atomic mass is 19.1. The van der Waals surface area contributed by atoms with Crippen molar-refractivity contribution in [2.75, 3.05) is 19.7 Å². The molecule has 0 radical (unpaired) electrons. The van der Waals surface area contributed by atoms with E-state index in [1.54, 1.807) is 11.0 Å². The Morgan fingerprint density at radius 3 is 2.70 bits per heavy atom. The second kappa shape index (κ2) is 7.06. The van der Waals surface area contributed by atoms with Gasteiger partial charge in [0.1, 0.15) is 5.82 Å². The smallest absolute Gasteiger partial charge is 0.256 e. The van der Waals surface area contributed by atoms with Gasteiger partial charge in [0.2, 0.25) is 0 Å². The molecule has 3 nitrogen and oxygen atoms in total. The Balaban J connectivity index is 2.13. The lowest BCUT2D eigenvalue weighted by Crippen LogP contribution is -2.36. The number of amides is 1. The summed E-state index contributed by atoms with van der Waals surface area (Å²) >= 11 is 0. The molecule has 1 heterocycles. The maximum atomic E-state index is 14.0. The lowest BCUT2D eigenvalue weighted by atomic mass is 10.1. The summed E-state index contributed by atoms with van der Waals surface area (Å²) in [5.74, 6) is 4.72. The number of piperidine rings is 1. The maximum absolute atomic E-state index is 14.0. The normalized spacial score (nSPS) is 14.6. The van der Waals surface area contributed by atoms with Gasteiger partial charge in [0.15, 0.2) is 0 Å². The summed E-state index contributed by atoms with van der Waals surface area (Å²) in [6.07, 6.45) is 3.46. The van der Waals surface area contributed by atoms with Crippen LogP contribution in [-0.2, 0) is 0 Å². The number of carbonyl (C=O) groups excluding carboxylic acids is 1. The van der Waals surface area contributed by atoms with Gasteiger partial charge in [0.25, 0.3) is 5.91 Å². The molecule has 0 bridgehead atoms. The van der Waals surface area contributed by atoms with E-state index in [1.165, 1.54) is 12.1 Å². The van der Waals surface area contributed by atoms with E-state index >= 15 is 0 Å². The average Bonchev–Trinajstić information content (AvgIpc) is 2.48. The summed E-state index contributed by atoms with van der Waals surface area (Å²) in [7, 11) is 0. The molecule has 106 valence electrons. The standard InChI is InChI=1S/C16H18FNO2/c17-15-12-13(6-2-5-11-19)7-8-14(15)16(20)18-9-3-1-4-10-18/h7-8,12,19H,1,3-5,9-11H2. The van der Waals surface area contributed by atoms with Crippen LogP contribution in [0, 0.1) is 17.7 Å². The van der Waals surface area contributed by atoms with E-state index in [-0.39, 0.29) is 18.1 Å². The molecule has 1 aliphatic rings. The number of aliphatic hydroxyl groups is 1. The Kier molecular flexibility index (Phi) is 5.14. The van der Waals surface area contributed by atoms with E-state index in [0.717, 1.165) is 19.3 Å². The van der Waals surface area contributed by atoms with Crippen molar-refractivity contribution in [1.29, 1.82) is 0 Å². The molecule has 2 rings (SSSR count). The Morgan fingerprint density at radius 2 is 2.05 bits per heavy atom. The number of nitrogens with zero attached hydrogens (tertiary/aromatic N) is 1. The van der Waals surface area contributed by atoms with Crippen LogP contribution >= 0.6 is 0 Å². The van der Waals surface area contributed by atoms with Crippen LogP contribution in [0.15, 0.2) is 18.2 Å². The van der Waals surface area contributed by atoms with Gasteiger partial charge in [-0.05, 0) is 37.5 Å². The van der Waals surface area contributed by atoms with Gasteiger partial charge in [-0.1, -0.05) is 11.8 Å². The maximum Gasteiger partial charge on any atom is 0.256 e. The van der Waals surface area contributed by atoms with Crippen LogP contribution in [-0.4, -0.2) is 35.6 Å². The predicted molar refractivity (Wildman–Crippen MR) is 74.7 cm³/mol. The van der Waals surface area contributed by atoms with Crippen LogP contribution in [0.3, 0.4) is 0 Å². The van der Waals surface area contributed by atoms with Crippen molar-refractivity contribution < 1.29 is 14.3 Å². The first-order valence-corrected chi connectivity index (χ1v) is 6.91. The van der Waals surface area contributed by atoms with Crippen LogP contribution in [0.25, 0.3) is 0 Å². The molecule has 0 spiro atoms. The SMILES string of the molecule is O=C(c1ccc(C#CCCO)cc1F)N1CCCCC1. The van der Waals surface area contributed by atoms with Crippen molar-refractivity contribution in [1.82, 2.24) is 4.90 Å². The van der Waals surface area contributed by atoms with Crippen molar-refractivity contribution in [2.45, 2.75) is 25.7 Å².